The molecule has 0 aliphatic heterocycles. The zero-order valence-corrected chi connectivity index (χ0v) is 13.9. The van der Waals surface area contributed by atoms with Crippen molar-refractivity contribution in [1.29, 1.82) is 0 Å². The van der Waals surface area contributed by atoms with E-state index in [1.54, 1.807) is 0 Å². The van der Waals surface area contributed by atoms with Crippen molar-refractivity contribution in [1.82, 2.24) is 9.97 Å². The molecule has 20 heavy (non-hydrogen) atoms. The predicted molar refractivity (Wildman–Crippen MR) is 87.5 cm³/mol. The average Bonchev–Trinajstić information content (AvgIpc) is 2.48. The molecule has 0 saturated heterocycles. The number of rotatable bonds is 8. The Hall–Kier alpha value is -1.32. The van der Waals surface area contributed by atoms with Gasteiger partial charge in [-0.15, -0.1) is 0 Å². The maximum absolute atomic E-state index is 4.70. The van der Waals surface area contributed by atoms with Crippen molar-refractivity contribution in [2.75, 3.05) is 17.2 Å². The van der Waals surface area contributed by atoms with Crippen LogP contribution in [-0.4, -0.2) is 22.1 Å². The number of aromatic nitrogens is 2. The zero-order chi connectivity index (χ0) is 15.2. The SMILES string of the molecule is CCNc1nc(CC)nc(NC(CC)(CC)CC)c1C. The van der Waals surface area contributed by atoms with Crippen molar-refractivity contribution in [2.45, 2.75) is 72.8 Å². The summed E-state index contributed by atoms with van der Waals surface area (Å²) >= 11 is 0. The lowest BCUT2D eigenvalue weighted by Gasteiger charge is -2.33. The van der Waals surface area contributed by atoms with Crippen molar-refractivity contribution in [3.8, 4) is 0 Å². The Labute approximate surface area is 123 Å². The van der Waals surface area contributed by atoms with Crippen molar-refractivity contribution < 1.29 is 0 Å². The maximum atomic E-state index is 4.70. The van der Waals surface area contributed by atoms with Crippen LogP contribution in [0.4, 0.5) is 11.6 Å². The van der Waals surface area contributed by atoms with E-state index in [1.807, 2.05) is 0 Å². The summed E-state index contributed by atoms with van der Waals surface area (Å²) in [4.78, 5) is 9.29. The Kier molecular flexibility index (Phi) is 6.24. The second kappa shape index (κ2) is 7.46. The topological polar surface area (TPSA) is 49.8 Å². The lowest BCUT2D eigenvalue weighted by atomic mass is 9.89. The van der Waals surface area contributed by atoms with Gasteiger partial charge in [-0.3, -0.25) is 0 Å². The van der Waals surface area contributed by atoms with Gasteiger partial charge >= 0.3 is 0 Å². The molecule has 0 aromatic carbocycles. The molecule has 0 fully saturated rings. The first-order valence-corrected chi connectivity index (χ1v) is 7.95. The van der Waals surface area contributed by atoms with Gasteiger partial charge in [0.05, 0.1) is 0 Å². The molecule has 0 aliphatic carbocycles. The van der Waals surface area contributed by atoms with Gasteiger partial charge in [0.1, 0.15) is 17.5 Å². The first-order chi connectivity index (χ1) is 9.55. The fraction of sp³-hybridized carbons (Fsp3) is 0.750. The smallest absolute Gasteiger partial charge is 0.135 e. The third kappa shape index (κ3) is 3.62. The molecular formula is C16H30N4. The van der Waals surface area contributed by atoms with E-state index in [1.165, 1.54) is 0 Å². The number of anilines is 2. The Morgan fingerprint density at radius 1 is 0.900 bits per heavy atom. The molecular weight excluding hydrogens is 248 g/mol. The van der Waals surface area contributed by atoms with Crippen LogP contribution in [0.5, 0.6) is 0 Å². The Balaban J connectivity index is 3.19. The summed E-state index contributed by atoms with van der Waals surface area (Å²) in [6, 6.07) is 0. The summed E-state index contributed by atoms with van der Waals surface area (Å²) in [6.45, 7) is 13.9. The first-order valence-electron chi connectivity index (χ1n) is 7.95. The highest BCUT2D eigenvalue weighted by Crippen LogP contribution is 2.28. The molecule has 4 heteroatoms. The number of nitrogens with one attached hydrogen (secondary N) is 2. The second-order valence-electron chi connectivity index (χ2n) is 5.31. The molecule has 0 bridgehead atoms. The van der Waals surface area contributed by atoms with E-state index in [4.69, 9.17) is 4.98 Å². The van der Waals surface area contributed by atoms with Crippen LogP contribution in [0.15, 0.2) is 0 Å². The van der Waals surface area contributed by atoms with Crippen LogP contribution in [0.1, 0.15) is 65.3 Å². The molecule has 1 aromatic rings. The van der Waals surface area contributed by atoms with Gasteiger partial charge in [-0.05, 0) is 33.1 Å². The predicted octanol–water partition coefficient (Wildman–Crippen LogP) is 4.16. The first kappa shape index (κ1) is 16.7. The largest absolute Gasteiger partial charge is 0.370 e. The third-order valence-electron chi connectivity index (χ3n) is 4.27. The fourth-order valence-corrected chi connectivity index (χ4v) is 2.45. The Morgan fingerprint density at radius 2 is 1.45 bits per heavy atom. The second-order valence-corrected chi connectivity index (χ2v) is 5.31. The van der Waals surface area contributed by atoms with E-state index in [0.717, 1.165) is 55.3 Å². The van der Waals surface area contributed by atoms with Crippen LogP contribution in [0.2, 0.25) is 0 Å². The minimum Gasteiger partial charge on any atom is -0.370 e. The van der Waals surface area contributed by atoms with Crippen molar-refractivity contribution >= 4 is 11.6 Å². The molecule has 1 aromatic heterocycles. The van der Waals surface area contributed by atoms with Gasteiger partial charge < -0.3 is 10.6 Å². The maximum Gasteiger partial charge on any atom is 0.135 e. The molecule has 0 saturated carbocycles. The van der Waals surface area contributed by atoms with Gasteiger partial charge in [0.25, 0.3) is 0 Å². The molecule has 0 atom stereocenters. The minimum atomic E-state index is 0.133. The summed E-state index contributed by atoms with van der Waals surface area (Å²) < 4.78 is 0. The van der Waals surface area contributed by atoms with Crippen LogP contribution in [-0.2, 0) is 6.42 Å². The highest BCUT2D eigenvalue weighted by molar-refractivity contribution is 5.58. The Morgan fingerprint density at radius 3 is 1.90 bits per heavy atom. The normalized spacial score (nSPS) is 11.5. The Bertz CT molecular complexity index is 416. The monoisotopic (exact) mass is 278 g/mol. The summed E-state index contributed by atoms with van der Waals surface area (Å²) in [6.07, 6.45) is 4.15. The highest BCUT2D eigenvalue weighted by atomic mass is 15.1. The van der Waals surface area contributed by atoms with Crippen LogP contribution in [0.25, 0.3) is 0 Å². The van der Waals surface area contributed by atoms with Gasteiger partial charge in [0.2, 0.25) is 0 Å². The molecule has 0 aliphatic rings. The quantitative estimate of drug-likeness (QED) is 0.749. The number of nitrogens with zero attached hydrogens (tertiary/aromatic N) is 2. The van der Waals surface area contributed by atoms with Crippen LogP contribution in [0, 0.1) is 6.92 Å². The van der Waals surface area contributed by atoms with E-state index in [0.29, 0.717) is 0 Å². The van der Waals surface area contributed by atoms with E-state index in [9.17, 15) is 0 Å². The summed E-state index contributed by atoms with van der Waals surface area (Å²) in [5, 5.41) is 7.03. The van der Waals surface area contributed by atoms with Gasteiger partial charge in [-0.1, -0.05) is 27.7 Å². The van der Waals surface area contributed by atoms with E-state index < -0.39 is 0 Å². The lowest BCUT2D eigenvalue weighted by molar-refractivity contribution is 0.418. The van der Waals surface area contributed by atoms with Gasteiger partial charge in [-0.25, -0.2) is 9.97 Å². The zero-order valence-electron chi connectivity index (χ0n) is 13.9. The van der Waals surface area contributed by atoms with Gasteiger partial charge in [0.15, 0.2) is 0 Å². The third-order valence-corrected chi connectivity index (χ3v) is 4.27. The summed E-state index contributed by atoms with van der Waals surface area (Å²) in [5.74, 6) is 2.84. The molecule has 114 valence electrons. The molecule has 0 unspecified atom stereocenters. The summed E-state index contributed by atoms with van der Waals surface area (Å²) in [7, 11) is 0. The summed E-state index contributed by atoms with van der Waals surface area (Å²) in [5.41, 5.74) is 1.25. The average molecular weight is 278 g/mol. The lowest BCUT2D eigenvalue weighted by Crippen LogP contribution is -2.37. The van der Waals surface area contributed by atoms with Gasteiger partial charge in [-0.2, -0.15) is 0 Å². The van der Waals surface area contributed by atoms with E-state index >= 15 is 0 Å². The number of aryl methyl sites for hydroxylation is 1. The van der Waals surface area contributed by atoms with Crippen LogP contribution in [0.3, 0.4) is 0 Å². The molecule has 0 spiro atoms. The van der Waals surface area contributed by atoms with Crippen molar-refractivity contribution in [3.63, 3.8) is 0 Å². The molecule has 4 nitrogen and oxygen atoms in total. The van der Waals surface area contributed by atoms with Crippen molar-refractivity contribution in [2.24, 2.45) is 0 Å². The molecule has 1 heterocycles. The van der Waals surface area contributed by atoms with E-state index in [-0.39, 0.29) is 5.54 Å². The standard InChI is InChI=1S/C16H30N4/c1-7-13-18-14(17-11-5)12(6)15(19-13)20-16(8-2,9-3)10-4/h7-11H2,1-6H3,(H2,17,18,19,20). The number of hydrogen-bond donors (Lipinski definition) is 2. The van der Waals surface area contributed by atoms with Gasteiger partial charge in [0, 0.05) is 24.1 Å². The molecule has 0 amide bonds. The van der Waals surface area contributed by atoms with Crippen LogP contribution >= 0.6 is 0 Å². The fourth-order valence-electron chi connectivity index (χ4n) is 2.45. The number of hydrogen-bond acceptors (Lipinski definition) is 4. The molecule has 2 N–H and O–H groups in total. The van der Waals surface area contributed by atoms with E-state index in [2.05, 4.69) is 57.2 Å². The minimum absolute atomic E-state index is 0.133. The highest BCUT2D eigenvalue weighted by Gasteiger charge is 2.25. The van der Waals surface area contributed by atoms with Crippen LogP contribution < -0.4 is 10.6 Å². The van der Waals surface area contributed by atoms with Crippen molar-refractivity contribution in [3.05, 3.63) is 11.4 Å². The molecule has 0 radical (unpaired) electrons. The molecule has 1 rings (SSSR count).